The number of hydrogen-bond donors (Lipinski definition) is 1. The SMILES string of the molecule is OCC1CCN(CCC2CC2)CC1. The maximum Gasteiger partial charge on any atom is 0.0460 e. The van der Waals surface area contributed by atoms with Gasteiger partial charge in [0, 0.05) is 6.61 Å². The first-order valence-corrected chi connectivity index (χ1v) is 5.71. The second kappa shape index (κ2) is 4.43. The zero-order valence-corrected chi connectivity index (χ0v) is 8.41. The summed E-state index contributed by atoms with van der Waals surface area (Å²) >= 11 is 0. The fourth-order valence-corrected chi connectivity index (χ4v) is 2.16. The molecule has 0 aromatic heterocycles. The van der Waals surface area contributed by atoms with Gasteiger partial charge in [-0.15, -0.1) is 0 Å². The van der Waals surface area contributed by atoms with E-state index in [1.807, 2.05) is 0 Å². The van der Waals surface area contributed by atoms with Crippen molar-refractivity contribution in [3.05, 3.63) is 0 Å². The van der Waals surface area contributed by atoms with Crippen LogP contribution in [0.4, 0.5) is 0 Å². The van der Waals surface area contributed by atoms with Crippen molar-refractivity contribution < 1.29 is 5.11 Å². The highest BCUT2D eigenvalue weighted by molar-refractivity contribution is 4.77. The third kappa shape index (κ3) is 2.96. The maximum absolute atomic E-state index is 8.99. The van der Waals surface area contributed by atoms with Gasteiger partial charge < -0.3 is 10.0 Å². The first kappa shape index (κ1) is 9.47. The Morgan fingerprint density at radius 1 is 1.00 bits per heavy atom. The van der Waals surface area contributed by atoms with Crippen molar-refractivity contribution in [1.29, 1.82) is 0 Å². The van der Waals surface area contributed by atoms with Crippen molar-refractivity contribution in [2.75, 3.05) is 26.2 Å². The van der Waals surface area contributed by atoms with Crippen molar-refractivity contribution in [3.8, 4) is 0 Å². The Morgan fingerprint density at radius 3 is 2.23 bits per heavy atom. The lowest BCUT2D eigenvalue weighted by Gasteiger charge is -2.30. The van der Waals surface area contributed by atoms with E-state index in [-0.39, 0.29) is 0 Å². The lowest BCUT2D eigenvalue weighted by molar-refractivity contribution is 0.129. The molecule has 13 heavy (non-hydrogen) atoms. The summed E-state index contributed by atoms with van der Waals surface area (Å²) in [5, 5.41) is 8.99. The molecule has 0 spiro atoms. The van der Waals surface area contributed by atoms with Gasteiger partial charge in [0.1, 0.15) is 0 Å². The number of aliphatic hydroxyl groups is 1. The van der Waals surface area contributed by atoms with Gasteiger partial charge in [-0.3, -0.25) is 0 Å². The van der Waals surface area contributed by atoms with E-state index in [1.165, 1.54) is 51.7 Å². The van der Waals surface area contributed by atoms with Crippen molar-refractivity contribution in [2.24, 2.45) is 11.8 Å². The number of rotatable bonds is 4. The first-order valence-electron chi connectivity index (χ1n) is 5.71. The van der Waals surface area contributed by atoms with Crippen LogP contribution in [-0.4, -0.2) is 36.2 Å². The highest BCUT2D eigenvalue weighted by Crippen LogP contribution is 2.32. The second-order valence-electron chi connectivity index (χ2n) is 4.70. The van der Waals surface area contributed by atoms with E-state index in [0.29, 0.717) is 12.5 Å². The molecule has 0 aromatic rings. The predicted octanol–water partition coefficient (Wildman–Crippen LogP) is 1.49. The second-order valence-corrected chi connectivity index (χ2v) is 4.70. The summed E-state index contributed by atoms with van der Waals surface area (Å²) in [5.74, 6) is 1.66. The van der Waals surface area contributed by atoms with Crippen LogP contribution >= 0.6 is 0 Å². The zero-order chi connectivity index (χ0) is 9.10. The predicted molar refractivity (Wildman–Crippen MR) is 53.6 cm³/mol. The van der Waals surface area contributed by atoms with Crippen LogP contribution in [0, 0.1) is 11.8 Å². The highest BCUT2D eigenvalue weighted by atomic mass is 16.3. The number of piperidine rings is 1. The largest absolute Gasteiger partial charge is 0.396 e. The third-order valence-corrected chi connectivity index (χ3v) is 3.52. The van der Waals surface area contributed by atoms with Crippen LogP contribution in [0.15, 0.2) is 0 Å². The molecule has 76 valence electrons. The van der Waals surface area contributed by atoms with E-state index < -0.39 is 0 Å². The minimum atomic E-state index is 0.399. The minimum absolute atomic E-state index is 0.399. The number of likely N-dealkylation sites (tertiary alicyclic amines) is 1. The molecule has 1 N–H and O–H groups in total. The van der Waals surface area contributed by atoms with Crippen LogP contribution in [-0.2, 0) is 0 Å². The van der Waals surface area contributed by atoms with Gasteiger partial charge in [-0.25, -0.2) is 0 Å². The quantitative estimate of drug-likeness (QED) is 0.714. The molecule has 0 atom stereocenters. The molecule has 0 bridgehead atoms. The smallest absolute Gasteiger partial charge is 0.0460 e. The summed E-state index contributed by atoms with van der Waals surface area (Å²) in [6.45, 7) is 4.15. The topological polar surface area (TPSA) is 23.5 Å². The Bertz CT molecular complexity index is 148. The van der Waals surface area contributed by atoms with E-state index in [0.717, 1.165) is 5.92 Å². The standard InChI is InChI=1S/C11H21NO/c13-9-11-4-7-12(8-5-11)6-3-10-1-2-10/h10-11,13H,1-9H2. The maximum atomic E-state index is 8.99. The lowest BCUT2D eigenvalue weighted by atomic mass is 9.98. The Balaban J connectivity index is 1.59. The van der Waals surface area contributed by atoms with Gasteiger partial charge in [0.05, 0.1) is 0 Å². The molecule has 0 amide bonds. The molecule has 2 heteroatoms. The number of hydrogen-bond acceptors (Lipinski definition) is 2. The van der Waals surface area contributed by atoms with Gasteiger partial charge in [0.25, 0.3) is 0 Å². The Morgan fingerprint density at radius 2 is 1.69 bits per heavy atom. The van der Waals surface area contributed by atoms with Gasteiger partial charge in [-0.2, -0.15) is 0 Å². The third-order valence-electron chi connectivity index (χ3n) is 3.52. The Hall–Kier alpha value is -0.0800. The first-order chi connectivity index (χ1) is 6.38. The molecule has 2 aliphatic rings. The monoisotopic (exact) mass is 183 g/mol. The van der Waals surface area contributed by atoms with Gasteiger partial charge in [0.2, 0.25) is 0 Å². The van der Waals surface area contributed by atoms with Crippen molar-refractivity contribution in [2.45, 2.75) is 32.1 Å². The molecular formula is C11H21NO. The molecule has 1 heterocycles. The molecule has 1 aliphatic heterocycles. The van der Waals surface area contributed by atoms with Crippen LogP contribution in [0.5, 0.6) is 0 Å². The zero-order valence-electron chi connectivity index (χ0n) is 8.41. The van der Waals surface area contributed by atoms with E-state index in [2.05, 4.69) is 4.90 Å². The van der Waals surface area contributed by atoms with Crippen molar-refractivity contribution in [1.82, 2.24) is 4.90 Å². The van der Waals surface area contributed by atoms with Crippen LogP contribution in [0.2, 0.25) is 0 Å². The van der Waals surface area contributed by atoms with E-state index in [9.17, 15) is 0 Å². The summed E-state index contributed by atoms with van der Waals surface area (Å²) in [7, 11) is 0. The molecule has 1 aliphatic carbocycles. The van der Waals surface area contributed by atoms with E-state index in [4.69, 9.17) is 5.11 Å². The fourth-order valence-electron chi connectivity index (χ4n) is 2.16. The molecule has 2 nitrogen and oxygen atoms in total. The average molecular weight is 183 g/mol. The van der Waals surface area contributed by atoms with Gasteiger partial charge in [-0.1, -0.05) is 12.8 Å². The molecule has 1 saturated heterocycles. The molecule has 0 unspecified atom stereocenters. The molecule has 1 saturated carbocycles. The molecule has 0 radical (unpaired) electrons. The Kier molecular flexibility index (Phi) is 3.23. The highest BCUT2D eigenvalue weighted by Gasteiger charge is 2.23. The number of aliphatic hydroxyl groups excluding tert-OH is 1. The number of nitrogens with zero attached hydrogens (tertiary/aromatic N) is 1. The fraction of sp³-hybridized carbons (Fsp3) is 1.00. The van der Waals surface area contributed by atoms with Crippen LogP contribution < -0.4 is 0 Å². The molecular weight excluding hydrogens is 162 g/mol. The molecule has 0 aromatic carbocycles. The van der Waals surface area contributed by atoms with Crippen LogP contribution in [0.25, 0.3) is 0 Å². The molecule has 2 fully saturated rings. The summed E-state index contributed by atoms with van der Waals surface area (Å²) in [4.78, 5) is 2.57. The minimum Gasteiger partial charge on any atom is -0.396 e. The summed E-state index contributed by atoms with van der Waals surface area (Å²) in [6.07, 6.45) is 6.80. The van der Waals surface area contributed by atoms with Gasteiger partial charge >= 0.3 is 0 Å². The average Bonchev–Trinajstić information content (AvgIpc) is 2.99. The van der Waals surface area contributed by atoms with E-state index in [1.54, 1.807) is 0 Å². The summed E-state index contributed by atoms with van der Waals surface area (Å²) in [6, 6.07) is 0. The van der Waals surface area contributed by atoms with Gasteiger partial charge in [-0.05, 0) is 50.7 Å². The Labute approximate surface area is 80.9 Å². The van der Waals surface area contributed by atoms with Crippen molar-refractivity contribution >= 4 is 0 Å². The van der Waals surface area contributed by atoms with Crippen molar-refractivity contribution in [3.63, 3.8) is 0 Å². The summed E-state index contributed by atoms with van der Waals surface area (Å²) < 4.78 is 0. The van der Waals surface area contributed by atoms with E-state index >= 15 is 0 Å². The summed E-state index contributed by atoms with van der Waals surface area (Å²) in [5.41, 5.74) is 0. The van der Waals surface area contributed by atoms with Crippen LogP contribution in [0.3, 0.4) is 0 Å². The lowest BCUT2D eigenvalue weighted by Crippen LogP contribution is -2.35. The molecule has 2 rings (SSSR count). The normalized spacial score (nSPS) is 26.5. The van der Waals surface area contributed by atoms with Gasteiger partial charge in [0.15, 0.2) is 0 Å². The van der Waals surface area contributed by atoms with Crippen LogP contribution in [0.1, 0.15) is 32.1 Å².